The van der Waals surface area contributed by atoms with Gasteiger partial charge in [-0.15, -0.1) is 0 Å². The molecule has 1 amide bonds. The summed E-state index contributed by atoms with van der Waals surface area (Å²) < 4.78 is 5.55. The smallest absolute Gasteiger partial charge is 0.227 e. The standard InChI is InChI=1S/C23H31NO3/c25-21(13-22-9-18-8-19(10-22)12-23(26,11-18)16-22)24(14-17-6-7-27-15-17)20-4-2-1-3-5-20/h1-5,17-19,26H,6-16H2. The summed E-state index contributed by atoms with van der Waals surface area (Å²) in [5.41, 5.74) is 0.522. The van der Waals surface area contributed by atoms with Crippen LogP contribution in [-0.4, -0.2) is 36.4 Å². The van der Waals surface area contributed by atoms with E-state index >= 15 is 0 Å². The monoisotopic (exact) mass is 369 g/mol. The number of carbonyl (C=O) groups is 1. The van der Waals surface area contributed by atoms with Gasteiger partial charge < -0.3 is 14.7 Å². The Hall–Kier alpha value is -1.39. The van der Waals surface area contributed by atoms with Gasteiger partial charge in [0.2, 0.25) is 5.91 Å². The van der Waals surface area contributed by atoms with Crippen molar-refractivity contribution < 1.29 is 14.6 Å². The zero-order chi connectivity index (χ0) is 18.5. The van der Waals surface area contributed by atoms with Crippen LogP contribution in [0.5, 0.6) is 0 Å². The molecule has 1 saturated heterocycles. The van der Waals surface area contributed by atoms with Crippen molar-refractivity contribution in [2.75, 3.05) is 24.7 Å². The first-order chi connectivity index (χ1) is 13.0. The van der Waals surface area contributed by atoms with E-state index in [4.69, 9.17) is 4.74 Å². The number of ether oxygens (including phenoxy) is 1. The molecule has 5 fully saturated rings. The van der Waals surface area contributed by atoms with Crippen molar-refractivity contribution in [3.8, 4) is 0 Å². The molecule has 1 heterocycles. The van der Waals surface area contributed by atoms with Gasteiger partial charge in [-0.2, -0.15) is 0 Å². The molecular formula is C23H31NO3. The quantitative estimate of drug-likeness (QED) is 0.859. The molecule has 3 atom stereocenters. The van der Waals surface area contributed by atoms with Crippen molar-refractivity contribution >= 4 is 11.6 Å². The summed E-state index contributed by atoms with van der Waals surface area (Å²) in [6.45, 7) is 2.31. The fourth-order valence-electron chi connectivity index (χ4n) is 6.97. The van der Waals surface area contributed by atoms with Gasteiger partial charge in [0, 0.05) is 31.2 Å². The SMILES string of the molecule is O=C(CC12CC3CC(CC(O)(C3)C1)C2)N(CC1CCOC1)c1ccccc1. The molecule has 0 radical (unpaired) electrons. The third kappa shape index (κ3) is 3.42. The van der Waals surface area contributed by atoms with Gasteiger partial charge in [0.25, 0.3) is 0 Å². The third-order valence-electron chi connectivity index (χ3n) is 7.51. The molecule has 5 aliphatic rings. The molecule has 0 spiro atoms. The molecule has 1 N–H and O–H groups in total. The first kappa shape index (κ1) is 17.7. The van der Waals surface area contributed by atoms with E-state index in [-0.39, 0.29) is 11.3 Å². The van der Waals surface area contributed by atoms with Gasteiger partial charge in [0.05, 0.1) is 12.2 Å². The molecule has 1 aromatic carbocycles. The molecule has 6 rings (SSSR count). The Morgan fingerprint density at radius 1 is 1.15 bits per heavy atom. The highest BCUT2D eigenvalue weighted by molar-refractivity contribution is 5.93. The first-order valence-corrected chi connectivity index (χ1v) is 10.7. The van der Waals surface area contributed by atoms with Crippen molar-refractivity contribution in [1.82, 2.24) is 0 Å². The fourth-order valence-corrected chi connectivity index (χ4v) is 6.97. The van der Waals surface area contributed by atoms with Crippen LogP contribution >= 0.6 is 0 Å². The average molecular weight is 370 g/mol. The van der Waals surface area contributed by atoms with Crippen LogP contribution in [0.4, 0.5) is 5.69 Å². The van der Waals surface area contributed by atoms with E-state index < -0.39 is 5.60 Å². The molecule has 27 heavy (non-hydrogen) atoms. The zero-order valence-electron chi connectivity index (χ0n) is 16.1. The van der Waals surface area contributed by atoms with Crippen molar-refractivity contribution in [2.24, 2.45) is 23.2 Å². The number of hydrogen-bond acceptors (Lipinski definition) is 3. The topological polar surface area (TPSA) is 49.8 Å². The maximum absolute atomic E-state index is 13.5. The van der Waals surface area contributed by atoms with Gasteiger partial charge >= 0.3 is 0 Å². The first-order valence-electron chi connectivity index (χ1n) is 10.7. The number of amides is 1. The minimum atomic E-state index is -0.499. The minimum absolute atomic E-state index is 0.0229. The lowest BCUT2D eigenvalue weighted by Gasteiger charge is -2.60. The van der Waals surface area contributed by atoms with Crippen LogP contribution in [0.1, 0.15) is 51.4 Å². The summed E-state index contributed by atoms with van der Waals surface area (Å²) in [6, 6.07) is 10.1. The van der Waals surface area contributed by atoms with E-state index in [1.165, 1.54) is 6.42 Å². The molecule has 3 unspecified atom stereocenters. The molecule has 4 bridgehead atoms. The van der Waals surface area contributed by atoms with Gasteiger partial charge in [-0.05, 0) is 74.3 Å². The van der Waals surface area contributed by atoms with Crippen molar-refractivity contribution in [3.63, 3.8) is 0 Å². The molecule has 1 aromatic rings. The van der Waals surface area contributed by atoms with Crippen molar-refractivity contribution in [1.29, 1.82) is 0 Å². The Morgan fingerprint density at radius 2 is 1.89 bits per heavy atom. The Bertz CT molecular complexity index is 683. The Balaban J connectivity index is 1.37. The van der Waals surface area contributed by atoms with Crippen LogP contribution in [0, 0.1) is 23.2 Å². The van der Waals surface area contributed by atoms with Gasteiger partial charge in [-0.25, -0.2) is 0 Å². The second-order valence-electron chi connectivity index (χ2n) is 9.93. The number of nitrogens with zero attached hydrogens (tertiary/aromatic N) is 1. The van der Waals surface area contributed by atoms with Gasteiger partial charge in [0.15, 0.2) is 0 Å². The van der Waals surface area contributed by atoms with E-state index in [9.17, 15) is 9.90 Å². The van der Waals surface area contributed by atoms with Gasteiger partial charge in [0.1, 0.15) is 0 Å². The third-order valence-corrected chi connectivity index (χ3v) is 7.51. The van der Waals surface area contributed by atoms with E-state index in [0.717, 1.165) is 64.0 Å². The Labute approximate surface area is 161 Å². The highest BCUT2D eigenvalue weighted by Gasteiger charge is 2.57. The lowest BCUT2D eigenvalue weighted by molar-refractivity contribution is -0.168. The molecule has 4 saturated carbocycles. The highest BCUT2D eigenvalue weighted by atomic mass is 16.5. The molecule has 1 aliphatic heterocycles. The largest absolute Gasteiger partial charge is 0.390 e. The van der Waals surface area contributed by atoms with Crippen molar-refractivity contribution in [2.45, 2.75) is 57.0 Å². The predicted octanol–water partition coefficient (Wildman–Crippen LogP) is 3.78. The lowest BCUT2D eigenvalue weighted by Crippen LogP contribution is -2.56. The summed E-state index contributed by atoms with van der Waals surface area (Å²) >= 11 is 0. The minimum Gasteiger partial charge on any atom is -0.390 e. The average Bonchev–Trinajstić information content (AvgIpc) is 3.11. The summed E-state index contributed by atoms with van der Waals surface area (Å²) in [6.07, 6.45) is 7.90. The zero-order valence-corrected chi connectivity index (χ0v) is 16.1. The summed E-state index contributed by atoms with van der Waals surface area (Å²) in [5, 5.41) is 11.0. The number of rotatable bonds is 5. The van der Waals surface area contributed by atoms with Crippen LogP contribution in [-0.2, 0) is 9.53 Å². The maximum Gasteiger partial charge on any atom is 0.227 e. The number of benzene rings is 1. The number of hydrogen-bond donors (Lipinski definition) is 1. The predicted molar refractivity (Wildman–Crippen MR) is 104 cm³/mol. The van der Waals surface area contributed by atoms with E-state index in [0.29, 0.717) is 24.2 Å². The summed E-state index contributed by atoms with van der Waals surface area (Å²) in [4.78, 5) is 15.5. The highest BCUT2D eigenvalue weighted by Crippen LogP contribution is 2.63. The van der Waals surface area contributed by atoms with E-state index in [2.05, 4.69) is 0 Å². The lowest BCUT2D eigenvalue weighted by atomic mass is 9.47. The van der Waals surface area contributed by atoms with Crippen LogP contribution in [0.15, 0.2) is 30.3 Å². The number of carbonyl (C=O) groups excluding carboxylic acids is 1. The van der Waals surface area contributed by atoms with Crippen molar-refractivity contribution in [3.05, 3.63) is 30.3 Å². The number of anilines is 1. The molecule has 0 aromatic heterocycles. The van der Waals surface area contributed by atoms with E-state index in [1.807, 2.05) is 35.2 Å². The second kappa shape index (κ2) is 6.59. The van der Waals surface area contributed by atoms with Crippen LogP contribution in [0.25, 0.3) is 0 Å². The molecule has 4 heteroatoms. The molecule has 4 nitrogen and oxygen atoms in total. The molecule has 146 valence electrons. The van der Waals surface area contributed by atoms with Gasteiger partial charge in [-0.3, -0.25) is 4.79 Å². The summed E-state index contributed by atoms with van der Waals surface area (Å²) in [7, 11) is 0. The van der Waals surface area contributed by atoms with Crippen LogP contribution in [0.3, 0.4) is 0 Å². The number of aliphatic hydroxyl groups is 1. The Kier molecular flexibility index (Phi) is 4.32. The van der Waals surface area contributed by atoms with E-state index in [1.54, 1.807) is 0 Å². The number of para-hydroxylation sites is 1. The van der Waals surface area contributed by atoms with Crippen LogP contribution < -0.4 is 4.90 Å². The Morgan fingerprint density at radius 3 is 2.52 bits per heavy atom. The van der Waals surface area contributed by atoms with Crippen LogP contribution in [0.2, 0.25) is 0 Å². The maximum atomic E-state index is 13.5. The fraction of sp³-hybridized carbons (Fsp3) is 0.696. The molecular weight excluding hydrogens is 338 g/mol. The van der Waals surface area contributed by atoms with Gasteiger partial charge in [-0.1, -0.05) is 18.2 Å². The normalized spacial score (nSPS) is 39.7. The summed E-state index contributed by atoms with van der Waals surface area (Å²) in [5.74, 6) is 1.91. The molecule has 4 aliphatic carbocycles. The second-order valence-corrected chi connectivity index (χ2v) is 9.93.